The molecule has 1 aromatic carbocycles. The first-order valence-corrected chi connectivity index (χ1v) is 5.91. The first kappa shape index (κ1) is 11.6. The Kier molecular flexibility index (Phi) is 2.29. The number of hydrogen-bond acceptors (Lipinski definition) is 3. The summed E-state index contributed by atoms with van der Waals surface area (Å²) < 4.78 is 0. The summed E-state index contributed by atoms with van der Waals surface area (Å²) in [7, 11) is 0. The highest BCUT2D eigenvalue weighted by Gasteiger charge is 2.33. The van der Waals surface area contributed by atoms with E-state index in [0.29, 0.717) is 33.6 Å². The zero-order valence-corrected chi connectivity index (χ0v) is 10.5. The Hall–Kier alpha value is -2.49. The third-order valence-electron chi connectivity index (χ3n) is 3.44. The number of carbonyl (C=O) groups is 2. The van der Waals surface area contributed by atoms with E-state index in [-0.39, 0.29) is 11.3 Å². The zero-order valence-electron chi connectivity index (χ0n) is 10.5. The van der Waals surface area contributed by atoms with Crippen molar-refractivity contribution in [1.82, 2.24) is 4.98 Å². The first-order chi connectivity index (χ1) is 9.02. The lowest BCUT2D eigenvalue weighted by Crippen LogP contribution is -2.09. The van der Waals surface area contributed by atoms with Crippen LogP contribution in [-0.2, 0) is 0 Å². The molecule has 4 nitrogen and oxygen atoms in total. The van der Waals surface area contributed by atoms with Crippen LogP contribution in [0.3, 0.4) is 0 Å². The maximum absolute atomic E-state index is 12.4. The monoisotopic (exact) mass is 253 g/mol. The molecule has 0 bridgehead atoms. The van der Waals surface area contributed by atoms with Crippen molar-refractivity contribution in [3.05, 3.63) is 52.3 Å². The number of nitrogens with zero attached hydrogens (tertiary/aromatic N) is 1. The summed E-state index contributed by atoms with van der Waals surface area (Å²) in [6, 6.07) is 7.08. The molecule has 0 saturated carbocycles. The summed E-state index contributed by atoms with van der Waals surface area (Å²) in [4.78, 5) is 28.0. The van der Waals surface area contributed by atoms with Gasteiger partial charge < -0.3 is 5.11 Å². The average molecular weight is 253 g/mol. The molecule has 94 valence electrons. The standard InChI is InChI=1S/C15H11NO3/c1-7-11-13(12(15(18)19)8(2)16-7)9-5-3-4-6-10(9)14(11)17/h3-6H,1-2H3,(H,18,19). The molecule has 0 amide bonds. The highest BCUT2D eigenvalue weighted by atomic mass is 16.4. The van der Waals surface area contributed by atoms with Crippen LogP contribution in [0.2, 0.25) is 0 Å². The molecule has 1 N–H and O–H groups in total. The highest BCUT2D eigenvalue weighted by molar-refractivity contribution is 6.24. The Morgan fingerprint density at radius 2 is 1.68 bits per heavy atom. The Balaban J connectivity index is 2.50. The van der Waals surface area contributed by atoms with E-state index in [1.54, 1.807) is 38.1 Å². The van der Waals surface area contributed by atoms with Crippen molar-refractivity contribution in [2.24, 2.45) is 0 Å². The molecule has 19 heavy (non-hydrogen) atoms. The highest BCUT2D eigenvalue weighted by Crippen LogP contribution is 2.40. The normalized spacial score (nSPS) is 12.2. The molecule has 0 radical (unpaired) electrons. The molecular formula is C15H11NO3. The fourth-order valence-corrected chi connectivity index (χ4v) is 2.69. The molecule has 1 aliphatic carbocycles. The molecule has 0 atom stereocenters. The predicted molar refractivity (Wildman–Crippen MR) is 69.5 cm³/mol. The van der Waals surface area contributed by atoms with Gasteiger partial charge in [0.15, 0.2) is 5.78 Å². The van der Waals surface area contributed by atoms with Gasteiger partial charge in [0.05, 0.1) is 16.8 Å². The van der Waals surface area contributed by atoms with E-state index < -0.39 is 5.97 Å². The first-order valence-electron chi connectivity index (χ1n) is 5.91. The molecule has 0 saturated heterocycles. The van der Waals surface area contributed by atoms with Gasteiger partial charge in [0.2, 0.25) is 0 Å². The summed E-state index contributed by atoms with van der Waals surface area (Å²) in [5.41, 5.74) is 3.32. The quantitative estimate of drug-likeness (QED) is 0.723. The Labute approximate surface area is 109 Å². The molecule has 4 heteroatoms. The van der Waals surface area contributed by atoms with E-state index in [4.69, 9.17) is 0 Å². The summed E-state index contributed by atoms with van der Waals surface area (Å²) in [6.07, 6.45) is 0. The van der Waals surface area contributed by atoms with Crippen molar-refractivity contribution >= 4 is 11.8 Å². The second kappa shape index (κ2) is 3.75. The lowest BCUT2D eigenvalue weighted by Gasteiger charge is -2.10. The van der Waals surface area contributed by atoms with Crippen LogP contribution in [0.15, 0.2) is 24.3 Å². The van der Waals surface area contributed by atoms with Gasteiger partial charge in [-0.2, -0.15) is 0 Å². The van der Waals surface area contributed by atoms with E-state index in [1.165, 1.54) is 0 Å². The van der Waals surface area contributed by atoms with Crippen LogP contribution in [0, 0.1) is 13.8 Å². The number of ketones is 1. The number of carboxylic acid groups (broad SMARTS) is 1. The second-order valence-corrected chi connectivity index (χ2v) is 4.59. The van der Waals surface area contributed by atoms with E-state index >= 15 is 0 Å². The molecule has 1 aliphatic rings. The minimum absolute atomic E-state index is 0.124. The van der Waals surface area contributed by atoms with Crippen LogP contribution in [0.1, 0.15) is 37.7 Å². The third-order valence-corrected chi connectivity index (χ3v) is 3.44. The summed E-state index contributed by atoms with van der Waals surface area (Å²) >= 11 is 0. The third kappa shape index (κ3) is 1.43. The Morgan fingerprint density at radius 1 is 1.05 bits per heavy atom. The number of carboxylic acids is 1. The molecule has 0 aliphatic heterocycles. The van der Waals surface area contributed by atoms with Crippen molar-refractivity contribution in [2.45, 2.75) is 13.8 Å². The largest absolute Gasteiger partial charge is 0.478 e. The van der Waals surface area contributed by atoms with Gasteiger partial charge in [-0.25, -0.2) is 4.79 Å². The fourth-order valence-electron chi connectivity index (χ4n) is 2.69. The van der Waals surface area contributed by atoms with Crippen molar-refractivity contribution in [1.29, 1.82) is 0 Å². The number of benzene rings is 1. The smallest absolute Gasteiger partial charge is 0.338 e. The number of rotatable bonds is 1. The van der Waals surface area contributed by atoms with Crippen LogP contribution in [0.5, 0.6) is 0 Å². The van der Waals surface area contributed by atoms with Crippen LogP contribution in [0.25, 0.3) is 11.1 Å². The molecule has 3 rings (SSSR count). The van der Waals surface area contributed by atoms with Gasteiger partial charge in [0.1, 0.15) is 0 Å². The van der Waals surface area contributed by atoms with E-state index in [2.05, 4.69) is 4.98 Å². The van der Waals surface area contributed by atoms with Gasteiger partial charge >= 0.3 is 5.97 Å². The van der Waals surface area contributed by atoms with Gasteiger partial charge in [-0.15, -0.1) is 0 Å². The van der Waals surface area contributed by atoms with Crippen molar-refractivity contribution in [2.75, 3.05) is 0 Å². The van der Waals surface area contributed by atoms with Crippen molar-refractivity contribution in [3.63, 3.8) is 0 Å². The van der Waals surface area contributed by atoms with Gasteiger partial charge in [-0.1, -0.05) is 24.3 Å². The number of aromatic carboxylic acids is 1. The molecule has 2 aromatic rings. The van der Waals surface area contributed by atoms with E-state index in [0.717, 1.165) is 0 Å². The van der Waals surface area contributed by atoms with Crippen LogP contribution in [-0.4, -0.2) is 21.8 Å². The molecule has 1 heterocycles. The van der Waals surface area contributed by atoms with E-state index in [9.17, 15) is 14.7 Å². The summed E-state index contributed by atoms with van der Waals surface area (Å²) in [5.74, 6) is -1.19. The number of hydrogen-bond donors (Lipinski definition) is 1. The van der Waals surface area contributed by atoms with Crippen molar-refractivity contribution < 1.29 is 14.7 Å². The lowest BCUT2D eigenvalue weighted by molar-refractivity contribution is 0.0696. The minimum Gasteiger partial charge on any atom is -0.478 e. The Morgan fingerprint density at radius 3 is 2.32 bits per heavy atom. The maximum atomic E-state index is 12.4. The number of pyridine rings is 1. The van der Waals surface area contributed by atoms with Crippen molar-refractivity contribution in [3.8, 4) is 11.1 Å². The number of fused-ring (bicyclic) bond motifs is 3. The number of carbonyl (C=O) groups excluding carboxylic acids is 1. The van der Waals surface area contributed by atoms with Gasteiger partial charge in [0.25, 0.3) is 0 Å². The number of aryl methyl sites for hydroxylation is 2. The van der Waals surface area contributed by atoms with Gasteiger partial charge in [0, 0.05) is 16.8 Å². The molecule has 1 aromatic heterocycles. The van der Waals surface area contributed by atoms with E-state index in [1.807, 2.05) is 0 Å². The molecular weight excluding hydrogens is 242 g/mol. The van der Waals surface area contributed by atoms with Crippen LogP contribution >= 0.6 is 0 Å². The SMILES string of the molecule is Cc1nc(C)c2c(c1C(=O)O)-c1ccccc1C2=O. The zero-order chi connectivity index (χ0) is 13.7. The average Bonchev–Trinajstić information content (AvgIpc) is 2.64. The fraction of sp³-hybridized carbons (Fsp3) is 0.133. The van der Waals surface area contributed by atoms with Crippen LogP contribution in [0.4, 0.5) is 0 Å². The summed E-state index contributed by atoms with van der Waals surface area (Å²) in [6.45, 7) is 3.39. The topological polar surface area (TPSA) is 67.3 Å². The molecule has 0 spiro atoms. The Bertz CT molecular complexity index is 747. The lowest BCUT2D eigenvalue weighted by atomic mass is 9.98. The van der Waals surface area contributed by atoms with Crippen LogP contribution < -0.4 is 0 Å². The second-order valence-electron chi connectivity index (χ2n) is 4.59. The van der Waals surface area contributed by atoms with Gasteiger partial charge in [-0.05, 0) is 19.4 Å². The maximum Gasteiger partial charge on any atom is 0.338 e. The molecule has 0 unspecified atom stereocenters. The predicted octanol–water partition coefficient (Wildman–Crippen LogP) is 2.61. The summed E-state index contributed by atoms with van der Waals surface area (Å²) in [5, 5.41) is 9.38. The number of aromatic nitrogens is 1. The molecule has 0 fully saturated rings. The minimum atomic E-state index is -1.05. The van der Waals surface area contributed by atoms with Gasteiger partial charge in [-0.3, -0.25) is 9.78 Å².